The lowest BCUT2D eigenvalue weighted by Gasteiger charge is -2.37. The number of benzene rings is 1. The Kier molecular flexibility index (Phi) is 7.58. The molecular formula is C23H23F6N3O4S. The maximum Gasteiger partial charge on any atom is 0.439 e. The van der Waals surface area contributed by atoms with Gasteiger partial charge in [-0.3, -0.25) is 9.51 Å². The first kappa shape index (κ1) is 27.0. The van der Waals surface area contributed by atoms with Crippen LogP contribution in [0.15, 0.2) is 21.5 Å². The van der Waals surface area contributed by atoms with E-state index >= 15 is 4.39 Å². The van der Waals surface area contributed by atoms with E-state index in [1.807, 2.05) is 0 Å². The van der Waals surface area contributed by atoms with Crippen molar-refractivity contribution in [3.63, 3.8) is 0 Å². The third-order valence-electron chi connectivity index (χ3n) is 6.37. The number of hydrogen-bond donors (Lipinski definition) is 1. The van der Waals surface area contributed by atoms with E-state index in [4.69, 9.17) is 4.74 Å². The summed E-state index contributed by atoms with van der Waals surface area (Å²) in [6.45, 7) is -0.0509. The quantitative estimate of drug-likeness (QED) is 0.309. The molecule has 0 bridgehead atoms. The maximum absolute atomic E-state index is 15.0. The molecule has 0 spiro atoms. The predicted octanol–water partition coefficient (Wildman–Crippen LogP) is 6.83. The number of ether oxygens (including phenoxy) is 2. The van der Waals surface area contributed by atoms with Crippen LogP contribution in [-0.4, -0.2) is 27.9 Å². The second kappa shape index (κ2) is 10.4. The van der Waals surface area contributed by atoms with Crippen molar-refractivity contribution < 1.29 is 40.3 Å². The Hall–Kier alpha value is -3.03. The highest BCUT2D eigenvalue weighted by atomic mass is 32.1. The van der Waals surface area contributed by atoms with Gasteiger partial charge >= 0.3 is 18.5 Å². The highest BCUT2D eigenvalue weighted by molar-refractivity contribution is 7.12. The number of halogens is 6. The lowest BCUT2D eigenvalue weighted by molar-refractivity contribution is -0.199. The zero-order valence-corrected chi connectivity index (χ0v) is 20.6. The second-order valence-corrected chi connectivity index (χ2v) is 9.76. The van der Waals surface area contributed by atoms with Crippen LogP contribution < -0.4 is 15.2 Å². The zero-order valence-electron chi connectivity index (χ0n) is 19.8. The van der Waals surface area contributed by atoms with Gasteiger partial charge in [0.1, 0.15) is 22.3 Å². The van der Waals surface area contributed by atoms with Crippen molar-refractivity contribution in [2.24, 2.45) is 0 Å². The minimum Gasteiger partial charge on any atom is -0.482 e. The van der Waals surface area contributed by atoms with Crippen molar-refractivity contribution in [1.82, 2.24) is 15.1 Å². The van der Waals surface area contributed by atoms with Gasteiger partial charge in [0.25, 0.3) is 0 Å². The van der Waals surface area contributed by atoms with E-state index in [0.717, 1.165) is 29.9 Å². The lowest BCUT2D eigenvalue weighted by atomic mass is 9.74. The Morgan fingerprint density at radius 3 is 2.43 bits per heavy atom. The van der Waals surface area contributed by atoms with Gasteiger partial charge in [-0.2, -0.15) is 22.0 Å². The first-order chi connectivity index (χ1) is 17.4. The molecule has 0 amide bonds. The van der Waals surface area contributed by atoms with Crippen LogP contribution in [0.4, 0.5) is 26.3 Å². The highest BCUT2D eigenvalue weighted by Crippen LogP contribution is 2.53. The summed E-state index contributed by atoms with van der Waals surface area (Å²) >= 11 is 0.875. The molecule has 37 heavy (non-hydrogen) atoms. The fourth-order valence-electron chi connectivity index (χ4n) is 4.51. The van der Waals surface area contributed by atoms with Crippen LogP contribution in [0.5, 0.6) is 11.5 Å². The molecule has 1 aliphatic rings. The molecule has 7 nitrogen and oxygen atoms in total. The first-order valence-corrected chi connectivity index (χ1v) is 12.3. The molecule has 1 unspecified atom stereocenters. The number of aromatic amines is 1. The van der Waals surface area contributed by atoms with Gasteiger partial charge < -0.3 is 9.47 Å². The highest BCUT2D eigenvalue weighted by Gasteiger charge is 2.57. The van der Waals surface area contributed by atoms with Crippen LogP contribution in [0.2, 0.25) is 0 Å². The average molecular weight is 552 g/mol. The number of H-pyrrole nitrogens is 1. The van der Waals surface area contributed by atoms with Crippen molar-refractivity contribution >= 4 is 11.3 Å². The van der Waals surface area contributed by atoms with E-state index in [-0.39, 0.29) is 35.7 Å². The van der Waals surface area contributed by atoms with E-state index < -0.39 is 47.4 Å². The Balaban J connectivity index is 1.70. The molecule has 0 saturated heterocycles. The fraction of sp³-hybridized carbons (Fsp3) is 0.522. The van der Waals surface area contributed by atoms with Gasteiger partial charge in [0.2, 0.25) is 0 Å². The Labute approximate surface area is 210 Å². The van der Waals surface area contributed by atoms with E-state index in [1.54, 1.807) is 13.8 Å². The lowest BCUT2D eigenvalue weighted by Crippen LogP contribution is -2.43. The summed E-state index contributed by atoms with van der Waals surface area (Å²) in [5, 5.41) is 3.31. The average Bonchev–Trinajstić information content (AvgIpc) is 3.44. The Morgan fingerprint density at radius 1 is 1.16 bits per heavy atom. The number of aromatic nitrogens is 3. The molecule has 1 aliphatic carbocycles. The predicted molar refractivity (Wildman–Crippen MR) is 120 cm³/mol. The number of thiazole rings is 1. The molecule has 0 radical (unpaired) electrons. The third-order valence-corrected chi connectivity index (χ3v) is 7.82. The standard InChI is InChI=1S/C23H23F6N3O4S/c1-3-14(17-11(2)30-19(37-17)22(23(27,28)29)7-5-4-6-8-22)34-16-10-15(35-20(25)26)12(9-13(16)24)18-31-21(33)36-32-18/h9-10,14,20H,3-8H2,1-2H3,(H,31,32,33). The molecule has 4 rings (SSSR count). The summed E-state index contributed by atoms with van der Waals surface area (Å²) in [6.07, 6.45) is -3.70. The van der Waals surface area contributed by atoms with Crippen LogP contribution in [0, 0.1) is 12.7 Å². The van der Waals surface area contributed by atoms with Crippen molar-refractivity contribution in [3.8, 4) is 22.9 Å². The van der Waals surface area contributed by atoms with Gasteiger partial charge in [-0.1, -0.05) is 31.3 Å². The summed E-state index contributed by atoms with van der Waals surface area (Å²) < 4.78 is 98.3. The third kappa shape index (κ3) is 5.34. The molecular weight excluding hydrogens is 528 g/mol. The van der Waals surface area contributed by atoms with Gasteiger partial charge in [0, 0.05) is 6.07 Å². The second-order valence-electron chi connectivity index (χ2n) is 8.72. The van der Waals surface area contributed by atoms with Gasteiger partial charge in [0.15, 0.2) is 17.4 Å². The van der Waals surface area contributed by atoms with Crippen molar-refractivity contribution in [2.75, 3.05) is 0 Å². The first-order valence-electron chi connectivity index (χ1n) is 11.5. The Bertz CT molecular complexity index is 1300. The summed E-state index contributed by atoms with van der Waals surface area (Å²) in [4.78, 5) is 18.0. The number of aryl methyl sites for hydroxylation is 1. The van der Waals surface area contributed by atoms with Gasteiger partial charge in [-0.25, -0.2) is 14.2 Å². The van der Waals surface area contributed by atoms with Gasteiger partial charge in [-0.05, 0) is 32.3 Å². The maximum atomic E-state index is 15.0. The number of alkyl halides is 5. The van der Waals surface area contributed by atoms with Crippen molar-refractivity contribution in [2.45, 2.75) is 76.7 Å². The fourth-order valence-corrected chi connectivity index (χ4v) is 5.96. The van der Waals surface area contributed by atoms with Crippen LogP contribution in [0.3, 0.4) is 0 Å². The summed E-state index contributed by atoms with van der Waals surface area (Å²) in [7, 11) is 0. The summed E-state index contributed by atoms with van der Waals surface area (Å²) in [5.74, 6) is -3.36. The van der Waals surface area contributed by atoms with Crippen molar-refractivity contribution in [1.29, 1.82) is 0 Å². The van der Waals surface area contributed by atoms with Gasteiger partial charge in [-0.15, -0.1) is 11.3 Å². The number of rotatable bonds is 8. The Morgan fingerprint density at radius 2 is 1.86 bits per heavy atom. The molecule has 2 heterocycles. The van der Waals surface area contributed by atoms with E-state index in [9.17, 15) is 26.7 Å². The number of hydrogen-bond acceptors (Lipinski definition) is 7. The molecule has 1 atom stereocenters. The van der Waals surface area contributed by atoms with E-state index in [2.05, 4.69) is 24.4 Å². The molecule has 2 aromatic heterocycles. The van der Waals surface area contributed by atoms with E-state index in [1.165, 1.54) is 0 Å². The van der Waals surface area contributed by atoms with E-state index in [0.29, 0.717) is 23.4 Å². The smallest absolute Gasteiger partial charge is 0.439 e. The van der Waals surface area contributed by atoms with Crippen LogP contribution in [0.25, 0.3) is 11.4 Å². The van der Waals surface area contributed by atoms with Crippen LogP contribution >= 0.6 is 11.3 Å². The summed E-state index contributed by atoms with van der Waals surface area (Å²) in [6, 6.07) is 1.64. The van der Waals surface area contributed by atoms with Crippen LogP contribution in [-0.2, 0) is 5.41 Å². The van der Waals surface area contributed by atoms with Crippen LogP contribution in [0.1, 0.15) is 67.1 Å². The molecule has 1 saturated carbocycles. The molecule has 0 aliphatic heterocycles. The monoisotopic (exact) mass is 551 g/mol. The summed E-state index contributed by atoms with van der Waals surface area (Å²) in [5.41, 5.74) is -2.04. The minimum absolute atomic E-state index is 0.0539. The topological polar surface area (TPSA) is 90.2 Å². The normalized spacial score (nSPS) is 16.7. The zero-order chi connectivity index (χ0) is 27.0. The molecule has 1 fully saturated rings. The molecule has 14 heteroatoms. The van der Waals surface area contributed by atoms with Crippen molar-refractivity contribution in [3.05, 3.63) is 44.1 Å². The molecule has 202 valence electrons. The van der Waals surface area contributed by atoms with Gasteiger partial charge in [0.05, 0.1) is 16.1 Å². The number of nitrogens with one attached hydrogen (secondary N) is 1. The minimum atomic E-state index is -4.48. The molecule has 1 N–H and O–H groups in total. The molecule has 3 aromatic rings. The SMILES string of the molecule is CCC(Oc1cc(OC(F)F)c(-c2noc(=O)[nH]2)cc1F)c1sc(C2(C(F)(F)F)CCCCC2)nc1C. The number of nitrogens with zero attached hydrogens (tertiary/aromatic N) is 2. The largest absolute Gasteiger partial charge is 0.482 e. The molecule has 1 aromatic carbocycles.